The van der Waals surface area contributed by atoms with E-state index in [2.05, 4.69) is 15.5 Å². The van der Waals surface area contributed by atoms with Gasteiger partial charge in [-0.1, -0.05) is 0 Å². The van der Waals surface area contributed by atoms with Crippen molar-refractivity contribution in [3.05, 3.63) is 23.4 Å². The van der Waals surface area contributed by atoms with E-state index in [0.717, 1.165) is 5.56 Å². The Labute approximate surface area is 89.6 Å². The average molecular weight is 225 g/mol. The van der Waals surface area contributed by atoms with Crippen LogP contribution in [0.15, 0.2) is 12.1 Å². The van der Waals surface area contributed by atoms with E-state index in [1.807, 2.05) is 0 Å². The maximum Gasteiger partial charge on any atom is 0.280 e. The van der Waals surface area contributed by atoms with Gasteiger partial charge in [0, 0.05) is 11.1 Å². The van der Waals surface area contributed by atoms with Gasteiger partial charge < -0.3 is 5.32 Å². The van der Waals surface area contributed by atoms with Crippen LogP contribution in [-0.2, 0) is 4.79 Å². The van der Waals surface area contributed by atoms with Crippen LogP contribution in [0.1, 0.15) is 17.7 Å². The van der Waals surface area contributed by atoms with Crippen molar-refractivity contribution >= 4 is 23.0 Å². The van der Waals surface area contributed by atoms with Crippen LogP contribution in [0.25, 0.3) is 10.9 Å². The Balaban J connectivity index is 2.66. The van der Waals surface area contributed by atoms with E-state index >= 15 is 0 Å². The standard InChI is InChI=1S/C10H9F2N3O/c1-5-2-6(13-4-16)3-7-8(5)14-15-9(7)10(11)12/h2-4,10H,1H3,(H,13,16)(H,14,15). The number of anilines is 1. The molecule has 1 aromatic carbocycles. The number of hydrogen-bond donors (Lipinski definition) is 2. The van der Waals surface area contributed by atoms with E-state index in [1.54, 1.807) is 13.0 Å². The molecule has 1 heterocycles. The molecule has 2 N–H and O–H groups in total. The van der Waals surface area contributed by atoms with Crippen LogP contribution in [0.2, 0.25) is 0 Å². The van der Waals surface area contributed by atoms with Gasteiger partial charge in [-0.25, -0.2) is 8.78 Å². The summed E-state index contributed by atoms with van der Waals surface area (Å²) >= 11 is 0. The molecular weight excluding hydrogens is 216 g/mol. The lowest BCUT2D eigenvalue weighted by molar-refractivity contribution is -0.105. The lowest BCUT2D eigenvalue weighted by Crippen LogP contribution is -1.94. The normalized spacial score (nSPS) is 11.0. The van der Waals surface area contributed by atoms with Gasteiger partial charge in [-0.05, 0) is 24.6 Å². The number of H-pyrrole nitrogens is 1. The molecule has 0 saturated carbocycles. The molecule has 0 aliphatic heterocycles. The molecule has 0 spiro atoms. The molecule has 0 unspecified atom stereocenters. The summed E-state index contributed by atoms with van der Waals surface area (Å²) in [7, 11) is 0. The zero-order valence-electron chi connectivity index (χ0n) is 8.42. The van der Waals surface area contributed by atoms with Crippen LogP contribution in [-0.4, -0.2) is 16.6 Å². The van der Waals surface area contributed by atoms with Crippen LogP contribution in [0, 0.1) is 6.92 Å². The maximum absolute atomic E-state index is 12.6. The maximum atomic E-state index is 12.6. The smallest absolute Gasteiger partial charge is 0.280 e. The second kappa shape index (κ2) is 3.88. The summed E-state index contributed by atoms with van der Waals surface area (Å²) in [5.74, 6) is 0. The predicted octanol–water partition coefficient (Wildman–Crippen LogP) is 2.38. The summed E-state index contributed by atoms with van der Waals surface area (Å²) in [6.45, 7) is 1.74. The topological polar surface area (TPSA) is 57.8 Å². The van der Waals surface area contributed by atoms with Crippen molar-refractivity contribution in [2.45, 2.75) is 13.3 Å². The first-order valence-corrected chi connectivity index (χ1v) is 4.60. The number of halogens is 2. The number of fused-ring (bicyclic) bond motifs is 1. The molecule has 1 amide bonds. The average Bonchev–Trinajstić information content (AvgIpc) is 2.62. The molecule has 0 aliphatic rings. The molecule has 1 aromatic heterocycles. The minimum Gasteiger partial charge on any atom is -0.329 e. The van der Waals surface area contributed by atoms with E-state index in [9.17, 15) is 13.6 Å². The number of carbonyl (C=O) groups is 1. The zero-order chi connectivity index (χ0) is 11.7. The van der Waals surface area contributed by atoms with Crippen molar-refractivity contribution in [1.29, 1.82) is 0 Å². The molecule has 16 heavy (non-hydrogen) atoms. The van der Waals surface area contributed by atoms with Crippen LogP contribution in [0.4, 0.5) is 14.5 Å². The fourth-order valence-corrected chi connectivity index (χ4v) is 1.63. The van der Waals surface area contributed by atoms with Crippen molar-refractivity contribution in [2.75, 3.05) is 5.32 Å². The molecular formula is C10H9F2N3O. The molecule has 0 fully saturated rings. The number of alkyl halides is 2. The van der Waals surface area contributed by atoms with Crippen LogP contribution in [0.5, 0.6) is 0 Å². The Hall–Kier alpha value is -1.98. The summed E-state index contributed by atoms with van der Waals surface area (Å²) in [4.78, 5) is 10.3. The number of nitrogens with zero attached hydrogens (tertiary/aromatic N) is 1. The predicted molar refractivity (Wildman–Crippen MR) is 55.5 cm³/mol. The molecule has 2 rings (SSSR count). The highest BCUT2D eigenvalue weighted by Gasteiger charge is 2.16. The van der Waals surface area contributed by atoms with Gasteiger partial charge in [0.15, 0.2) is 0 Å². The van der Waals surface area contributed by atoms with Crippen molar-refractivity contribution < 1.29 is 13.6 Å². The van der Waals surface area contributed by atoms with Crippen molar-refractivity contribution in [3.8, 4) is 0 Å². The molecule has 0 saturated heterocycles. The minimum absolute atomic E-state index is 0.229. The molecule has 0 atom stereocenters. The first-order chi connectivity index (χ1) is 7.63. The summed E-state index contributed by atoms with van der Waals surface area (Å²) in [6, 6.07) is 3.15. The Kier molecular flexibility index (Phi) is 2.55. The third kappa shape index (κ3) is 1.62. The molecule has 2 aromatic rings. The summed E-state index contributed by atoms with van der Waals surface area (Å²) in [6.07, 6.45) is -2.11. The molecule has 4 nitrogen and oxygen atoms in total. The number of hydrogen-bond acceptors (Lipinski definition) is 2. The van der Waals surface area contributed by atoms with Crippen molar-refractivity contribution in [2.24, 2.45) is 0 Å². The third-order valence-corrected chi connectivity index (χ3v) is 2.32. The second-order valence-corrected chi connectivity index (χ2v) is 3.39. The van der Waals surface area contributed by atoms with E-state index in [0.29, 0.717) is 23.0 Å². The van der Waals surface area contributed by atoms with E-state index in [4.69, 9.17) is 0 Å². The summed E-state index contributed by atoms with van der Waals surface area (Å²) in [5, 5.41) is 8.89. The highest BCUT2D eigenvalue weighted by molar-refractivity contribution is 5.89. The highest BCUT2D eigenvalue weighted by atomic mass is 19.3. The van der Waals surface area contributed by atoms with Crippen molar-refractivity contribution in [1.82, 2.24) is 10.2 Å². The number of nitrogens with one attached hydrogen (secondary N) is 2. The molecule has 6 heteroatoms. The van der Waals surface area contributed by atoms with Crippen LogP contribution < -0.4 is 5.32 Å². The Morgan fingerprint density at radius 1 is 1.50 bits per heavy atom. The fourth-order valence-electron chi connectivity index (χ4n) is 1.63. The number of carbonyl (C=O) groups excluding carboxylic acids is 1. The van der Waals surface area contributed by atoms with E-state index in [-0.39, 0.29) is 5.69 Å². The van der Waals surface area contributed by atoms with Crippen LogP contribution in [0.3, 0.4) is 0 Å². The van der Waals surface area contributed by atoms with Gasteiger partial charge in [0.2, 0.25) is 6.41 Å². The fraction of sp³-hybridized carbons (Fsp3) is 0.200. The monoisotopic (exact) mass is 225 g/mol. The van der Waals surface area contributed by atoms with Gasteiger partial charge in [-0.15, -0.1) is 0 Å². The zero-order valence-corrected chi connectivity index (χ0v) is 8.42. The molecule has 0 aliphatic carbocycles. The number of aromatic amines is 1. The molecule has 0 radical (unpaired) electrons. The molecule has 84 valence electrons. The number of benzene rings is 1. The molecule has 0 bridgehead atoms. The lowest BCUT2D eigenvalue weighted by atomic mass is 10.1. The quantitative estimate of drug-likeness (QED) is 0.788. The third-order valence-electron chi connectivity index (χ3n) is 2.32. The van der Waals surface area contributed by atoms with Gasteiger partial charge in [0.05, 0.1) is 5.52 Å². The Morgan fingerprint density at radius 2 is 2.25 bits per heavy atom. The largest absolute Gasteiger partial charge is 0.329 e. The Bertz CT molecular complexity index is 536. The summed E-state index contributed by atoms with van der Waals surface area (Å²) in [5.41, 5.74) is 1.47. The number of aryl methyl sites for hydroxylation is 1. The van der Waals surface area contributed by atoms with Gasteiger partial charge in [-0.3, -0.25) is 9.89 Å². The van der Waals surface area contributed by atoms with Gasteiger partial charge in [0.1, 0.15) is 5.69 Å². The van der Waals surface area contributed by atoms with Crippen LogP contribution >= 0.6 is 0 Å². The van der Waals surface area contributed by atoms with Gasteiger partial charge in [0.25, 0.3) is 6.43 Å². The highest BCUT2D eigenvalue weighted by Crippen LogP contribution is 2.29. The van der Waals surface area contributed by atoms with Gasteiger partial charge in [-0.2, -0.15) is 5.10 Å². The minimum atomic E-state index is -2.61. The number of amides is 1. The Morgan fingerprint density at radius 3 is 2.88 bits per heavy atom. The first kappa shape index (κ1) is 10.5. The van der Waals surface area contributed by atoms with Gasteiger partial charge >= 0.3 is 0 Å². The first-order valence-electron chi connectivity index (χ1n) is 4.60. The van der Waals surface area contributed by atoms with E-state index in [1.165, 1.54) is 6.07 Å². The number of aromatic nitrogens is 2. The SMILES string of the molecule is Cc1cc(NC=O)cc2c(C(F)F)[nH]nc12. The summed E-state index contributed by atoms with van der Waals surface area (Å²) < 4.78 is 25.2. The second-order valence-electron chi connectivity index (χ2n) is 3.39. The number of rotatable bonds is 3. The lowest BCUT2D eigenvalue weighted by Gasteiger charge is -2.02. The van der Waals surface area contributed by atoms with Crippen molar-refractivity contribution in [3.63, 3.8) is 0 Å². The van der Waals surface area contributed by atoms with E-state index < -0.39 is 6.43 Å².